The predicted octanol–water partition coefficient (Wildman–Crippen LogP) is 4.78. The van der Waals surface area contributed by atoms with E-state index in [1.165, 1.54) is 12.8 Å². The van der Waals surface area contributed by atoms with Gasteiger partial charge in [0.15, 0.2) is 0 Å². The zero-order valence-corrected chi connectivity index (χ0v) is 16.7. The number of anilines is 2. The summed E-state index contributed by atoms with van der Waals surface area (Å²) in [5, 5.41) is 21.9. The maximum absolute atomic E-state index is 10.8. The van der Waals surface area contributed by atoms with Gasteiger partial charge in [-0.25, -0.2) is 0 Å². The topological polar surface area (TPSA) is 72.8 Å². The summed E-state index contributed by atoms with van der Waals surface area (Å²) in [7, 11) is 0. The molecule has 146 valence electrons. The van der Waals surface area contributed by atoms with Gasteiger partial charge in [-0.1, -0.05) is 47.5 Å². The highest BCUT2D eigenvalue weighted by Gasteiger charge is 2.14. The van der Waals surface area contributed by atoms with Crippen molar-refractivity contribution in [2.45, 2.75) is 32.4 Å². The molecule has 0 amide bonds. The van der Waals surface area contributed by atoms with E-state index in [0.29, 0.717) is 27.0 Å². The number of carbonyl (C=O) groups is 1. The van der Waals surface area contributed by atoms with Crippen LogP contribution in [-0.2, 0) is 11.2 Å². The van der Waals surface area contributed by atoms with Gasteiger partial charge in [-0.3, -0.25) is 9.69 Å². The quantitative estimate of drug-likeness (QED) is 0.660. The van der Waals surface area contributed by atoms with Crippen LogP contribution in [0.15, 0.2) is 42.5 Å². The van der Waals surface area contributed by atoms with Crippen LogP contribution in [-0.4, -0.2) is 40.4 Å². The molecule has 1 unspecified atom stereocenters. The van der Waals surface area contributed by atoms with E-state index in [0.717, 1.165) is 13.1 Å². The van der Waals surface area contributed by atoms with Gasteiger partial charge in [0, 0.05) is 18.8 Å². The number of benzene rings is 2. The number of hydrogen-bond acceptors (Lipinski definition) is 4. The smallest absolute Gasteiger partial charge is 0.307 e. The van der Waals surface area contributed by atoms with Crippen molar-refractivity contribution < 1.29 is 15.0 Å². The lowest BCUT2D eigenvalue weighted by Crippen LogP contribution is -2.29. The van der Waals surface area contributed by atoms with E-state index in [2.05, 4.69) is 10.2 Å². The number of aliphatic carboxylic acids is 1. The lowest BCUT2D eigenvalue weighted by atomic mass is 10.1. The van der Waals surface area contributed by atoms with E-state index < -0.39 is 5.97 Å². The standard InChI is InChI=1S/C14H11Cl2NO2.C6H13NO/c15-10-5-3-6-11(16)14(10)17-12-7-2-1-4-9(12)8-13(18)19;1-6(8)7-4-2-3-5-7/h1-7,17H,8H2,(H,18,19);6,8H,2-5H2,1H3. The normalized spacial score (nSPS) is 15.0. The van der Waals surface area contributed by atoms with Crippen LogP contribution in [0.1, 0.15) is 25.3 Å². The van der Waals surface area contributed by atoms with Gasteiger partial charge >= 0.3 is 5.97 Å². The van der Waals surface area contributed by atoms with Gasteiger partial charge in [-0.2, -0.15) is 0 Å². The second-order valence-electron chi connectivity index (χ2n) is 6.32. The van der Waals surface area contributed by atoms with Gasteiger partial charge in [0.25, 0.3) is 0 Å². The zero-order chi connectivity index (χ0) is 19.8. The van der Waals surface area contributed by atoms with Crippen molar-refractivity contribution >= 4 is 40.5 Å². The van der Waals surface area contributed by atoms with Gasteiger partial charge in [0.1, 0.15) is 6.23 Å². The highest BCUT2D eigenvalue weighted by atomic mass is 35.5. The molecule has 0 spiro atoms. The van der Waals surface area contributed by atoms with Gasteiger partial charge < -0.3 is 15.5 Å². The van der Waals surface area contributed by atoms with Crippen molar-refractivity contribution in [3.63, 3.8) is 0 Å². The molecule has 1 fully saturated rings. The summed E-state index contributed by atoms with van der Waals surface area (Å²) in [4.78, 5) is 12.9. The molecule has 2 aromatic carbocycles. The summed E-state index contributed by atoms with van der Waals surface area (Å²) in [5.41, 5.74) is 1.93. The highest BCUT2D eigenvalue weighted by molar-refractivity contribution is 6.39. The van der Waals surface area contributed by atoms with Crippen LogP contribution in [0, 0.1) is 0 Å². The maximum Gasteiger partial charge on any atom is 0.307 e. The molecule has 1 heterocycles. The van der Waals surface area contributed by atoms with Crippen molar-refractivity contribution in [3.05, 3.63) is 58.1 Å². The third-order valence-electron chi connectivity index (χ3n) is 4.25. The van der Waals surface area contributed by atoms with Crippen molar-refractivity contribution in [2.24, 2.45) is 0 Å². The minimum Gasteiger partial charge on any atom is -0.481 e. The number of aliphatic hydroxyl groups excluding tert-OH is 1. The third kappa shape index (κ3) is 6.70. The summed E-state index contributed by atoms with van der Waals surface area (Å²) in [6.45, 7) is 3.99. The highest BCUT2D eigenvalue weighted by Crippen LogP contribution is 2.33. The van der Waals surface area contributed by atoms with Gasteiger partial charge in [-0.15, -0.1) is 0 Å². The lowest BCUT2D eigenvalue weighted by Gasteiger charge is -2.16. The number of likely N-dealkylation sites (tertiary alicyclic amines) is 1. The summed E-state index contributed by atoms with van der Waals surface area (Å²) < 4.78 is 0. The first-order valence-electron chi connectivity index (χ1n) is 8.81. The summed E-state index contributed by atoms with van der Waals surface area (Å²) >= 11 is 12.1. The average Bonchev–Trinajstić information content (AvgIpc) is 3.15. The molecular weight excluding hydrogens is 387 g/mol. The summed E-state index contributed by atoms with van der Waals surface area (Å²) in [6.07, 6.45) is 2.22. The fourth-order valence-corrected chi connectivity index (χ4v) is 3.32. The lowest BCUT2D eigenvalue weighted by molar-refractivity contribution is -0.136. The molecule has 0 aromatic heterocycles. The van der Waals surface area contributed by atoms with Crippen LogP contribution in [0.25, 0.3) is 0 Å². The van der Waals surface area contributed by atoms with Gasteiger partial charge in [-0.05, 0) is 43.5 Å². The minimum atomic E-state index is -0.889. The van der Waals surface area contributed by atoms with E-state index in [-0.39, 0.29) is 12.6 Å². The average molecular weight is 411 g/mol. The molecule has 5 nitrogen and oxygen atoms in total. The van der Waals surface area contributed by atoms with Crippen molar-refractivity contribution in [1.29, 1.82) is 0 Å². The molecule has 0 aliphatic carbocycles. The van der Waals surface area contributed by atoms with Crippen molar-refractivity contribution in [3.8, 4) is 0 Å². The molecule has 0 bridgehead atoms. The molecule has 1 aliphatic rings. The maximum atomic E-state index is 10.8. The second-order valence-corrected chi connectivity index (χ2v) is 7.14. The van der Waals surface area contributed by atoms with Crippen molar-refractivity contribution in [1.82, 2.24) is 4.90 Å². The Bertz CT molecular complexity index is 742. The Morgan fingerprint density at radius 1 is 1.11 bits per heavy atom. The van der Waals surface area contributed by atoms with Crippen molar-refractivity contribution in [2.75, 3.05) is 18.4 Å². The van der Waals surface area contributed by atoms with Crippen LogP contribution in [0.4, 0.5) is 11.4 Å². The number of rotatable bonds is 5. The van der Waals surface area contributed by atoms with Crippen LogP contribution >= 0.6 is 23.2 Å². The number of nitrogens with one attached hydrogen (secondary N) is 1. The zero-order valence-electron chi connectivity index (χ0n) is 15.2. The van der Waals surface area contributed by atoms with E-state index in [4.69, 9.17) is 33.4 Å². The number of aliphatic hydroxyl groups is 1. The molecule has 0 saturated carbocycles. The fourth-order valence-electron chi connectivity index (χ4n) is 2.83. The van der Waals surface area contributed by atoms with Crippen LogP contribution in [0.5, 0.6) is 0 Å². The first-order chi connectivity index (χ1) is 12.9. The molecular formula is C20H24Cl2N2O3. The molecule has 1 atom stereocenters. The number of halogens is 2. The first kappa shape index (κ1) is 21.5. The number of hydrogen-bond donors (Lipinski definition) is 3. The van der Waals surface area contributed by atoms with E-state index >= 15 is 0 Å². The SMILES string of the molecule is CC(O)N1CCCC1.O=C(O)Cc1ccccc1Nc1c(Cl)cccc1Cl. The fraction of sp³-hybridized carbons (Fsp3) is 0.350. The van der Waals surface area contributed by atoms with E-state index in [9.17, 15) is 4.79 Å². The Balaban J connectivity index is 0.000000273. The minimum absolute atomic E-state index is 0.0642. The second kappa shape index (κ2) is 10.5. The van der Waals surface area contributed by atoms with Gasteiger partial charge in [0.05, 0.1) is 22.2 Å². The molecule has 7 heteroatoms. The Morgan fingerprint density at radius 3 is 2.22 bits per heavy atom. The Hall–Kier alpha value is -1.79. The Labute approximate surface area is 169 Å². The summed E-state index contributed by atoms with van der Waals surface area (Å²) in [5.74, 6) is -0.889. The molecule has 2 aromatic rings. The molecule has 3 rings (SSSR count). The number of carboxylic acids is 1. The van der Waals surface area contributed by atoms with Crippen LogP contribution in [0.2, 0.25) is 10.0 Å². The molecule has 3 N–H and O–H groups in total. The predicted molar refractivity (Wildman–Crippen MR) is 110 cm³/mol. The van der Waals surface area contributed by atoms with E-state index in [1.807, 2.05) is 13.0 Å². The molecule has 1 saturated heterocycles. The molecule has 1 aliphatic heterocycles. The van der Waals surface area contributed by atoms with E-state index in [1.54, 1.807) is 36.4 Å². The third-order valence-corrected chi connectivity index (χ3v) is 4.88. The molecule has 27 heavy (non-hydrogen) atoms. The summed E-state index contributed by atoms with van der Waals surface area (Å²) in [6, 6.07) is 12.3. The largest absolute Gasteiger partial charge is 0.481 e. The first-order valence-corrected chi connectivity index (χ1v) is 9.57. The number of nitrogens with zero attached hydrogens (tertiary/aromatic N) is 1. The number of para-hydroxylation sites is 2. The van der Waals surface area contributed by atoms with Crippen LogP contribution in [0.3, 0.4) is 0 Å². The molecule has 0 radical (unpaired) electrons. The number of carboxylic acid groups (broad SMARTS) is 1. The van der Waals surface area contributed by atoms with Gasteiger partial charge in [0.2, 0.25) is 0 Å². The monoisotopic (exact) mass is 410 g/mol. The Kier molecular flexibility index (Phi) is 8.38. The Morgan fingerprint density at radius 2 is 1.70 bits per heavy atom. The van der Waals surface area contributed by atoms with Crippen LogP contribution < -0.4 is 5.32 Å².